The number of methoxy groups -OCH3 is 1. The highest BCUT2D eigenvalue weighted by atomic mass is 32.2. The highest BCUT2D eigenvalue weighted by molar-refractivity contribution is 7.89. The van der Waals surface area contributed by atoms with Crippen molar-refractivity contribution in [3.8, 4) is 5.75 Å². The molecule has 0 fully saturated rings. The molecule has 0 radical (unpaired) electrons. The minimum absolute atomic E-state index is 0.0369. The monoisotopic (exact) mass is 319 g/mol. The van der Waals surface area contributed by atoms with Crippen LogP contribution < -0.4 is 10.1 Å². The lowest BCUT2D eigenvalue weighted by Gasteiger charge is -2.07. The minimum atomic E-state index is -3.08. The van der Waals surface area contributed by atoms with Crippen LogP contribution in [-0.4, -0.2) is 27.7 Å². The number of ether oxygens (including phenoxy) is 1. The molecule has 1 amide bonds. The Kier molecular flexibility index (Phi) is 4.82. The molecular formula is C16H17NO4S. The third-order valence-corrected chi connectivity index (χ3v) is 3.83. The van der Waals surface area contributed by atoms with Crippen molar-refractivity contribution in [3.63, 3.8) is 0 Å². The van der Waals surface area contributed by atoms with Crippen LogP contribution in [0.15, 0.2) is 48.5 Å². The summed E-state index contributed by atoms with van der Waals surface area (Å²) >= 11 is 0. The summed E-state index contributed by atoms with van der Waals surface area (Å²) in [4.78, 5) is 12.1. The molecule has 0 unspecified atom stereocenters. The fourth-order valence-corrected chi connectivity index (χ4v) is 2.76. The number of rotatable bonds is 5. The van der Waals surface area contributed by atoms with Gasteiger partial charge >= 0.3 is 0 Å². The van der Waals surface area contributed by atoms with E-state index in [9.17, 15) is 13.2 Å². The molecule has 0 saturated heterocycles. The van der Waals surface area contributed by atoms with Crippen LogP contribution in [-0.2, 0) is 15.6 Å². The largest absolute Gasteiger partial charge is 0.497 e. The molecule has 0 spiro atoms. The first-order valence-corrected chi connectivity index (χ1v) is 8.65. The predicted molar refractivity (Wildman–Crippen MR) is 85.9 cm³/mol. The number of benzene rings is 2. The molecule has 0 aliphatic carbocycles. The zero-order chi connectivity index (χ0) is 16.2. The second-order valence-corrected chi connectivity index (χ2v) is 7.09. The van der Waals surface area contributed by atoms with Gasteiger partial charge in [0.2, 0.25) is 0 Å². The van der Waals surface area contributed by atoms with Gasteiger partial charge in [0, 0.05) is 23.6 Å². The first-order valence-electron chi connectivity index (χ1n) is 6.59. The molecule has 2 rings (SSSR count). The fraction of sp³-hybridized carbons (Fsp3) is 0.188. The van der Waals surface area contributed by atoms with Crippen molar-refractivity contribution in [2.24, 2.45) is 0 Å². The molecular weight excluding hydrogens is 302 g/mol. The topological polar surface area (TPSA) is 72.5 Å². The van der Waals surface area contributed by atoms with Gasteiger partial charge in [-0.25, -0.2) is 8.42 Å². The molecule has 0 heterocycles. The third-order valence-electron chi connectivity index (χ3n) is 2.97. The Balaban J connectivity index is 2.09. The highest BCUT2D eigenvalue weighted by Gasteiger charge is 2.08. The molecule has 1 N–H and O–H groups in total. The maximum absolute atomic E-state index is 12.1. The lowest BCUT2D eigenvalue weighted by Crippen LogP contribution is -2.12. The number of hydrogen-bond acceptors (Lipinski definition) is 4. The van der Waals surface area contributed by atoms with E-state index in [1.165, 1.54) is 6.26 Å². The number of hydrogen-bond donors (Lipinski definition) is 1. The van der Waals surface area contributed by atoms with E-state index < -0.39 is 9.84 Å². The van der Waals surface area contributed by atoms with Gasteiger partial charge in [0.1, 0.15) is 5.75 Å². The average Bonchev–Trinajstić information content (AvgIpc) is 2.46. The molecule has 0 aliphatic rings. The van der Waals surface area contributed by atoms with Crippen LogP contribution in [0.25, 0.3) is 0 Å². The Morgan fingerprint density at radius 2 is 1.82 bits per heavy atom. The van der Waals surface area contributed by atoms with Crippen LogP contribution in [0, 0.1) is 0 Å². The number of carbonyl (C=O) groups is 1. The molecule has 22 heavy (non-hydrogen) atoms. The molecule has 2 aromatic carbocycles. The van der Waals surface area contributed by atoms with Crippen LogP contribution in [0.4, 0.5) is 5.69 Å². The normalized spacial score (nSPS) is 11.0. The van der Waals surface area contributed by atoms with Crippen LogP contribution in [0.3, 0.4) is 0 Å². The fourth-order valence-electron chi connectivity index (χ4n) is 1.96. The third kappa shape index (κ3) is 4.60. The van der Waals surface area contributed by atoms with Crippen LogP contribution in [0.2, 0.25) is 0 Å². The molecule has 0 aromatic heterocycles. The predicted octanol–water partition coefficient (Wildman–Crippen LogP) is 2.49. The summed E-state index contributed by atoms with van der Waals surface area (Å²) in [6, 6.07) is 13.5. The van der Waals surface area contributed by atoms with Crippen molar-refractivity contribution < 1.29 is 17.9 Å². The van der Waals surface area contributed by atoms with E-state index in [4.69, 9.17) is 4.74 Å². The van der Waals surface area contributed by atoms with Gasteiger partial charge in [-0.05, 0) is 29.8 Å². The second kappa shape index (κ2) is 6.62. The van der Waals surface area contributed by atoms with Crippen molar-refractivity contribution in [2.75, 3.05) is 18.7 Å². The van der Waals surface area contributed by atoms with Gasteiger partial charge in [-0.2, -0.15) is 0 Å². The maximum atomic E-state index is 12.1. The number of sulfone groups is 1. The Bertz CT molecular complexity index is 767. The van der Waals surface area contributed by atoms with Crippen molar-refractivity contribution in [3.05, 3.63) is 59.7 Å². The molecule has 0 aliphatic heterocycles. The lowest BCUT2D eigenvalue weighted by molar-refractivity contribution is 0.102. The number of carbonyl (C=O) groups excluding carboxylic acids is 1. The maximum Gasteiger partial charge on any atom is 0.255 e. The van der Waals surface area contributed by atoms with E-state index in [2.05, 4.69) is 5.32 Å². The van der Waals surface area contributed by atoms with Crippen molar-refractivity contribution in [1.82, 2.24) is 0 Å². The molecule has 0 bridgehead atoms. The molecule has 0 atom stereocenters. The summed E-state index contributed by atoms with van der Waals surface area (Å²) in [5, 5.41) is 2.76. The van der Waals surface area contributed by atoms with E-state index in [-0.39, 0.29) is 11.7 Å². The zero-order valence-corrected chi connectivity index (χ0v) is 13.2. The van der Waals surface area contributed by atoms with Crippen molar-refractivity contribution >= 4 is 21.4 Å². The SMILES string of the molecule is COc1cccc(NC(=O)c2ccc(CS(C)(=O)=O)cc2)c1. The van der Waals surface area contributed by atoms with E-state index in [1.54, 1.807) is 55.6 Å². The van der Waals surface area contributed by atoms with E-state index in [0.717, 1.165) is 0 Å². The highest BCUT2D eigenvalue weighted by Crippen LogP contribution is 2.17. The van der Waals surface area contributed by atoms with Gasteiger partial charge in [-0.15, -0.1) is 0 Å². The van der Waals surface area contributed by atoms with Gasteiger partial charge in [-0.3, -0.25) is 4.79 Å². The number of nitrogens with one attached hydrogen (secondary N) is 1. The molecule has 2 aromatic rings. The van der Waals surface area contributed by atoms with E-state index in [0.29, 0.717) is 22.6 Å². The smallest absolute Gasteiger partial charge is 0.255 e. The van der Waals surface area contributed by atoms with Gasteiger partial charge in [0.25, 0.3) is 5.91 Å². The van der Waals surface area contributed by atoms with Gasteiger partial charge in [0.15, 0.2) is 9.84 Å². The quantitative estimate of drug-likeness (QED) is 0.919. The Hall–Kier alpha value is -2.34. The average molecular weight is 319 g/mol. The van der Waals surface area contributed by atoms with Gasteiger partial charge < -0.3 is 10.1 Å². The standard InChI is InChI=1S/C16H17NO4S/c1-21-15-5-3-4-14(10-15)17-16(18)13-8-6-12(7-9-13)11-22(2,19)20/h3-10H,11H2,1-2H3,(H,17,18). The summed E-state index contributed by atoms with van der Waals surface area (Å²) in [5.41, 5.74) is 1.74. The first kappa shape index (κ1) is 16.0. The van der Waals surface area contributed by atoms with Crippen molar-refractivity contribution in [2.45, 2.75) is 5.75 Å². The second-order valence-electron chi connectivity index (χ2n) is 4.95. The Morgan fingerprint density at radius 3 is 2.41 bits per heavy atom. The van der Waals surface area contributed by atoms with Gasteiger partial charge in [0.05, 0.1) is 12.9 Å². The molecule has 116 valence electrons. The lowest BCUT2D eigenvalue weighted by atomic mass is 10.1. The first-order chi connectivity index (χ1) is 10.4. The van der Waals surface area contributed by atoms with Crippen LogP contribution in [0.5, 0.6) is 5.75 Å². The summed E-state index contributed by atoms with van der Waals surface area (Å²) in [7, 11) is -1.52. The number of amides is 1. The molecule has 6 heteroatoms. The number of anilines is 1. The summed E-state index contributed by atoms with van der Waals surface area (Å²) in [6.45, 7) is 0. The molecule has 0 saturated carbocycles. The van der Waals surface area contributed by atoms with Crippen LogP contribution >= 0.6 is 0 Å². The Morgan fingerprint density at radius 1 is 1.14 bits per heavy atom. The summed E-state index contributed by atoms with van der Waals surface area (Å²) < 4.78 is 27.6. The van der Waals surface area contributed by atoms with E-state index >= 15 is 0 Å². The Labute approximate surface area is 129 Å². The van der Waals surface area contributed by atoms with Crippen LogP contribution in [0.1, 0.15) is 15.9 Å². The van der Waals surface area contributed by atoms with E-state index in [1.807, 2.05) is 0 Å². The van der Waals surface area contributed by atoms with Gasteiger partial charge in [-0.1, -0.05) is 18.2 Å². The molecule has 5 nitrogen and oxygen atoms in total. The van der Waals surface area contributed by atoms with Crippen molar-refractivity contribution in [1.29, 1.82) is 0 Å². The minimum Gasteiger partial charge on any atom is -0.497 e. The summed E-state index contributed by atoms with van der Waals surface area (Å²) in [6.07, 6.45) is 1.18. The summed E-state index contributed by atoms with van der Waals surface area (Å²) in [5.74, 6) is 0.352. The zero-order valence-electron chi connectivity index (χ0n) is 12.4.